The second kappa shape index (κ2) is 6.66. The van der Waals surface area contributed by atoms with Crippen LogP contribution in [-0.2, 0) is 25.1 Å². The molecule has 2 aromatic heterocycles. The molecule has 0 aliphatic rings. The number of para-hydroxylation sites is 2. The van der Waals surface area contributed by atoms with Crippen LogP contribution in [0, 0.1) is 11.6 Å². The molecule has 0 saturated carbocycles. The fourth-order valence-corrected chi connectivity index (χ4v) is 3.34. The average Bonchev–Trinajstić information content (AvgIpc) is 3.30. The summed E-state index contributed by atoms with van der Waals surface area (Å²) in [6.07, 6.45) is 2.20. The average molecular weight is 405 g/mol. The smallest absolute Gasteiger partial charge is 0.338 e. The lowest BCUT2D eigenvalue weighted by Crippen LogP contribution is -2.48. The lowest BCUT2D eigenvalue weighted by Gasteiger charge is -2.35. The lowest BCUT2D eigenvalue weighted by atomic mass is 9.86. The molecule has 4 aromatic rings. The Hall–Kier alpha value is -3.27. The van der Waals surface area contributed by atoms with Crippen molar-refractivity contribution < 1.29 is 22.7 Å². The second-order valence-electron chi connectivity index (χ2n) is 6.64. The SMILES string of the molecule is Cn1c(C(F)(F)C(O)(Cn2cncn2)c2ccc(F)cc2F)nc2ccccc21. The van der Waals surface area contributed by atoms with Crippen LogP contribution in [0.15, 0.2) is 55.1 Å². The summed E-state index contributed by atoms with van der Waals surface area (Å²) in [6.45, 7) is -0.842. The van der Waals surface area contributed by atoms with Gasteiger partial charge < -0.3 is 9.67 Å². The van der Waals surface area contributed by atoms with E-state index in [4.69, 9.17) is 0 Å². The van der Waals surface area contributed by atoms with Gasteiger partial charge in [-0.25, -0.2) is 23.4 Å². The van der Waals surface area contributed by atoms with E-state index in [1.54, 1.807) is 24.3 Å². The van der Waals surface area contributed by atoms with Crippen molar-refractivity contribution in [2.45, 2.75) is 18.1 Å². The first-order valence-electron chi connectivity index (χ1n) is 8.54. The maximum atomic E-state index is 15.8. The van der Waals surface area contributed by atoms with Crippen LogP contribution in [-0.4, -0.2) is 29.4 Å². The van der Waals surface area contributed by atoms with Crippen LogP contribution in [0.4, 0.5) is 17.6 Å². The van der Waals surface area contributed by atoms with Crippen molar-refractivity contribution in [3.05, 3.63) is 78.1 Å². The minimum absolute atomic E-state index is 0.285. The number of benzene rings is 2. The first kappa shape index (κ1) is 19.1. The molecule has 2 aromatic carbocycles. The largest absolute Gasteiger partial charge is 0.377 e. The van der Waals surface area contributed by atoms with Gasteiger partial charge in [-0.1, -0.05) is 12.1 Å². The third kappa shape index (κ3) is 2.96. The Balaban J connectivity index is 1.94. The molecule has 10 heteroatoms. The number of imidazole rings is 1. The van der Waals surface area contributed by atoms with E-state index in [1.807, 2.05) is 0 Å². The van der Waals surface area contributed by atoms with Crippen LogP contribution >= 0.6 is 0 Å². The Labute approximate surface area is 162 Å². The van der Waals surface area contributed by atoms with Gasteiger partial charge in [0.2, 0.25) is 0 Å². The Morgan fingerprint density at radius 1 is 1.10 bits per heavy atom. The third-order valence-corrected chi connectivity index (χ3v) is 4.82. The fraction of sp³-hybridized carbons (Fsp3) is 0.211. The van der Waals surface area contributed by atoms with Crippen LogP contribution in [0.1, 0.15) is 11.4 Å². The zero-order valence-corrected chi connectivity index (χ0v) is 15.1. The molecule has 1 N–H and O–H groups in total. The van der Waals surface area contributed by atoms with E-state index in [9.17, 15) is 13.9 Å². The Morgan fingerprint density at radius 3 is 2.52 bits per heavy atom. The zero-order chi connectivity index (χ0) is 20.8. The number of halogens is 4. The molecule has 4 rings (SSSR count). The maximum Gasteiger partial charge on any atom is 0.338 e. The van der Waals surface area contributed by atoms with Gasteiger partial charge in [0.25, 0.3) is 0 Å². The molecule has 0 radical (unpaired) electrons. The molecule has 0 amide bonds. The molecule has 2 heterocycles. The molecule has 150 valence electrons. The zero-order valence-electron chi connectivity index (χ0n) is 15.1. The van der Waals surface area contributed by atoms with Crippen LogP contribution in [0.2, 0.25) is 0 Å². The van der Waals surface area contributed by atoms with E-state index in [0.29, 0.717) is 11.6 Å². The topological polar surface area (TPSA) is 68.8 Å². The minimum Gasteiger partial charge on any atom is -0.377 e. The molecule has 0 bridgehead atoms. The third-order valence-electron chi connectivity index (χ3n) is 4.82. The van der Waals surface area contributed by atoms with Crippen LogP contribution in [0.3, 0.4) is 0 Å². The van der Waals surface area contributed by atoms with Gasteiger partial charge in [0, 0.05) is 18.7 Å². The number of fused-ring (bicyclic) bond motifs is 1. The van der Waals surface area contributed by atoms with Gasteiger partial charge in [0.1, 0.15) is 24.3 Å². The van der Waals surface area contributed by atoms with Gasteiger partial charge >= 0.3 is 5.92 Å². The fourth-order valence-electron chi connectivity index (χ4n) is 3.34. The predicted octanol–water partition coefficient (Wildman–Crippen LogP) is 3.12. The summed E-state index contributed by atoms with van der Waals surface area (Å²) in [5.74, 6) is -7.12. The number of alkyl halides is 2. The summed E-state index contributed by atoms with van der Waals surface area (Å²) in [6, 6.07) is 8.47. The summed E-state index contributed by atoms with van der Waals surface area (Å²) in [5, 5.41) is 14.9. The van der Waals surface area contributed by atoms with Crippen molar-refractivity contribution in [1.29, 1.82) is 0 Å². The molecule has 6 nitrogen and oxygen atoms in total. The second-order valence-corrected chi connectivity index (χ2v) is 6.64. The monoisotopic (exact) mass is 405 g/mol. The summed E-state index contributed by atoms with van der Waals surface area (Å²) in [4.78, 5) is 7.63. The molecular weight excluding hydrogens is 390 g/mol. The molecular formula is C19H15F4N5O. The van der Waals surface area contributed by atoms with Crippen LogP contribution in [0.25, 0.3) is 11.0 Å². The van der Waals surface area contributed by atoms with Gasteiger partial charge in [0.15, 0.2) is 11.4 Å². The Morgan fingerprint density at radius 2 is 1.86 bits per heavy atom. The first-order valence-corrected chi connectivity index (χ1v) is 8.54. The summed E-state index contributed by atoms with van der Waals surface area (Å²) < 4.78 is 61.6. The first-order chi connectivity index (χ1) is 13.7. The Kier molecular flexibility index (Phi) is 4.38. The quantitative estimate of drug-likeness (QED) is 0.518. The van der Waals surface area contributed by atoms with E-state index in [1.165, 1.54) is 7.05 Å². The summed E-state index contributed by atoms with van der Waals surface area (Å²) in [7, 11) is 1.37. The van der Waals surface area contributed by atoms with E-state index >= 15 is 8.78 Å². The van der Waals surface area contributed by atoms with Crippen LogP contribution < -0.4 is 0 Å². The molecule has 0 aliphatic heterocycles. The molecule has 0 aliphatic carbocycles. The number of aromatic nitrogens is 5. The highest BCUT2D eigenvalue weighted by atomic mass is 19.3. The summed E-state index contributed by atoms with van der Waals surface area (Å²) in [5.41, 5.74) is -3.23. The standard InChI is InChI=1S/C19H15F4N5O/c1-27-16-5-3-2-4-15(16)26-17(27)19(22,23)18(29,9-28-11-24-10-25-28)13-7-6-12(20)8-14(13)21/h2-8,10-11,29H,9H2,1H3. The number of hydrogen-bond acceptors (Lipinski definition) is 4. The predicted molar refractivity (Wildman–Crippen MR) is 94.9 cm³/mol. The van der Waals surface area contributed by atoms with Gasteiger partial charge in [-0.3, -0.25) is 0 Å². The number of aryl methyl sites for hydroxylation is 1. The maximum absolute atomic E-state index is 15.8. The van der Waals surface area contributed by atoms with Gasteiger partial charge in [-0.2, -0.15) is 13.9 Å². The molecule has 0 fully saturated rings. The van der Waals surface area contributed by atoms with Crippen molar-refractivity contribution in [3.63, 3.8) is 0 Å². The molecule has 0 saturated heterocycles. The normalized spacial score (nSPS) is 14.3. The van der Waals surface area contributed by atoms with Crippen molar-refractivity contribution in [1.82, 2.24) is 24.3 Å². The van der Waals surface area contributed by atoms with Gasteiger partial charge in [0.05, 0.1) is 17.6 Å². The highest BCUT2D eigenvalue weighted by molar-refractivity contribution is 5.76. The molecule has 0 spiro atoms. The Bertz CT molecular complexity index is 1170. The van der Waals surface area contributed by atoms with Crippen LogP contribution in [0.5, 0.6) is 0 Å². The van der Waals surface area contributed by atoms with Crippen molar-refractivity contribution in [2.75, 3.05) is 0 Å². The van der Waals surface area contributed by atoms with Gasteiger partial charge in [-0.15, -0.1) is 0 Å². The van der Waals surface area contributed by atoms with E-state index < -0.39 is 41.1 Å². The minimum atomic E-state index is -4.08. The van der Waals surface area contributed by atoms with E-state index in [0.717, 1.165) is 34.0 Å². The summed E-state index contributed by atoms with van der Waals surface area (Å²) >= 11 is 0. The number of rotatable bonds is 5. The van der Waals surface area contributed by atoms with Gasteiger partial charge in [-0.05, 0) is 24.3 Å². The lowest BCUT2D eigenvalue weighted by molar-refractivity contribution is -0.211. The highest BCUT2D eigenvalue weighted by Crippen LogP contribution is 2.47. The number of nitrogens with zero attached hydrogens (tertiary/aromatic N) is 5. The van der Waals surface area contributed by atoms with E-state index in [2.05, 4.69) is 15.1 Å². The van der Waals surface area contributed by atoms with E-state index in [-0.39, 0.29) is 5.52 Å². The highest BCUT2D eigenvalue weighted by Gasteiger charge is 2.59. The van der Waals surface area contributed by atoms with Crippen molar-refractivity contribution in [2.24, 2.45) is 7.05 Å². The van der Waals surface area contributed by atoms with Crippen molar-refractivity contribution >= 4 is 11.0 Å². The molecule has 29 heavy (non-hydrogen) atoms. The molecule has 1 unspecified atom stereocenters. The number of aliphatic hydroxyl groups is 1. The number of hydrogen-bond donors (Lipinski definition) is 1. The van der Waals surface area contributed by atoms with Crippen molar-refractivity contribution in [3.8, 4) is 0 Å². The molecule has 1 atom stereocenters.